The van der Waals surface area contributed by atoms with Gasteiger partial charge in [-0.1, -0.05) is 0 Å². The predicted octanol–water partition coefficient (Wildman–Crippen LogP) is 4.88. The summed E-state index contributed by atoms with van der Waals surface area (Å²) >= 11 is 1.78. The van der Waals surface area contributed by atoms with Crippen LogP contribution in [0.3, 0.4) is 0 Å². The summed E-state index contributed by atoms with van der Waals surface area (Å²) in [6, 6.07) is 9.92. The number of thiophene rings is 1. The Balaban J connectivity index is 1.43. The van der Waals surface area contributed by atoms with Crippen LogP contribution in [0, 0.1) is 13.8 Å². The summed E-state index contributed by atoms with van der Waals surface area (Å²) < 4.78 is 5.98. The van der Waals surface area contributed by atoms with Crippen molar-refractivity contribution in [3.05, 3.63) is 64.6 Å². The Labute approximate surface area is 173 Å². The number of hydrogen-bond donors (Lipinski definition) is 2. The molecule has 0 unspecified atom stereocenters. The fourth-order valence-electron chi connectivity index (χ4n) is 3.56. The number of rotatable bonds is 4. The lowest BCUT2D eigenvalue weighted by Gasteiger charge is -2.14. The summed E-state index contributed by atoms with van der Waals surface area (Å²) in [5.41, 5.74) is 4.30. The van der Waals surface area contributed by atoms with Gasteiger partial charge in [0.15, 0.2) is 0 Å². The van der Waals surface area contributed by atoms with Crippen molar-refractivity contribution in [1.29, 1.82) is 0 Å². The minimum atomic E-state index is 0.731. The van der Waals surface area contributed by atoms with E-state index in [9.17, 15) is 0 Å². The second-order valence-electron chi connectivity index (χ2n) is 7.18. The zero-order valence-electron chi connectivity index (χ0n) is 16.3. The number of nitrogens with zero attached hydrogens (tertiary/aromatic N) is 3. The molecule has 0 saturated carbocycles. The molecule has 2 N–H and O–H groups in total. The summed E-state index contributed by atoms with van der Waals surface area (Å²) in [5, 5.41) is 8.07. The molecule has 4 heterocycles. The second kappa shape index (κ2) is 7.42. The highest BCUT2D eigenvalue weighted by Gasteiger charge is 2.19. The van der Waals surface area contributed by atoms with Crippen molar-refractivity contribution in [2.75, 3.05) is 11.9 Å². The van der Waals surface area contributed by atoms with Crippen LogP contribution in [0.15, 0.2) is 42.9 Å². The fourth-order valence-corrected chi connectivity index (χ4v) is 4.71. The lowest BCUT2D eigenvalue weighted by atomic mass is 10.1. The molecule has 4 aromatic rings. The van der Waals surface area contributed by atoms with E-state index >= 15 is 0 Å². The molecule has 0 bridgehead atoms. The van der Waals surface area contributed by atoms with Crippen LogP contribution in [-0.2, 0) is 13.0 Å². The van der Waals surface area contributed by atoms with Crippen LogP contribution in [0.1, 0.15) is 21.7 Å². The SMILES string of the molecule is Cc1ccc(Oc2ccc(Nc3ncnc4sc5c(c34)CNCC5)cc2C)cn1. The lowest BCUT2D eigenvalue weighted by Crippen LogP contribution is -2.22. The molecule has 29 heavy (non-hydrogen) atoms. The largest absolute Gasteiger partial charge is 0.455 e. The van der Waals surface area contributed by atoms with Crippen LogP contribution in [0.25, 0.3) is 10.2 Å². The number of hydrogen-bond acceptors (Lipinski definition) is 7. The average molecular weight is 404 g/mol. The van der Waals surface area contributed by atoms with Gasteiger partial charge in [-0.15, -0.1) is 11.3 Å². The second-order valence-corrected chi connectivity index (χ2v) is 8.26. The van der Waals surface area contributed by atoms with Crippen molar-refractivity contribution in [1.82, 2.24) is 20.3 Å². The highest BCUT2D eigenvalue weighted by Crippen LogP contribution is 2.37. The lowest BCUT2D eigenvalue weighted by molar-refractivity contribution is 0.476. The zero-order valence-corrected chi connectivity index (χ0v) is 17.1. The first kappa shape index (κ1) is 18.0. The molecular weight excluding hydrogens is 382 g/mol. The molecule has 1 aromatic carbocycles. The highest BCUT2D eigenvalue weighted by molar-refractivity contribution is 7.19. The molecule has 0 fully saturated rings. The first-order valence-corrected chi connectivity index (χ1v) is 10.4. The standard InChI is InChI=1S/C22H21N5OS/c1-13-9-15(4-6-18(13)28-16-5-3-14(2)24-10-16)27-21-20-17-11-23-8-7-19(17)29-22(20)26-12-25-21/h3-6,9-10,12,23H,7-8,11H2,1-2H3,(H,25,26,27). The van der Waals surface area contributed by atoms with E-state index in [0.29, 0.717) is 0 Å². The molecule has 6 nitrogen and oxygen atoms in total. The van der Waals surface area contributed by atoms with Crippen LogP contribution in [0.5, 0.6) is 11.5 Å². The first-order valence-electron chi connectivity index (χ1n) is 9.61. The van der Waals surface area contributed by atoms with Crippen LogP contribution >= 0.6 is 11.3 Å². The number of fused-ring (bicyclic) bond motifs is 3. The van der Waals surface area contributed by atoms with E-state index in [1.165, 1.54) is 10.4 Å². The Bertz CT molecular complexity index is 1190. The summed E-state index contributed by atoms with van der Waals surface area (Å²) in [6.07, 6.45) is 4.43. The van der Waals surface area contributed by atoms with Crippen LogP contribution in [0.4, 0.5) is 11.5 Å². The normalized spacial score (nSPS) is 13.3. The van der Waals surface area contributed by atoms with Gasteiger partial charge >= 0.3 is 0 Å². The summed E-state index contributed by atoms with van der Waals surface area (Å²) in [6.45, 7) is 5.88. The Morgan fingerprint density at radius 2 is 2.03 bits per heavy atom. The van der Waals surface area contributed by atoms with Gasteiger partial charge in [-0.3, -0.25) is 4.98 Å². The van der Waals surface area contributed by atoms with E-state index in [4.69, 9.17) is 4.74 Å². The topological polar surface area (TPSA) is 72.0 Å². The van der Waals surface area contributed by atoms with Gasteiger partial charge in [-0.25, -0.2) is 9.97 Å². The molecule has 0 aliphatic carbocycles. The molecule has 0 atom stereocenters. The third-order valence-electron chi connectivity index (χ3n) is 5.05. The molecule has 0 amide bonds. The van der Waals surface area contributed by atoms with Crippen molar-refractivity contribution in [3.8, 4) is 11.5 Å². The monoisotopic (exact) mass is 403 g/mol. The van der Waals surface area contributed by atoms with Crippen molar-refractivity contribution < 1.29 is 4.74 Å². The maximum Gasteiger partial charge on any atom is 0.145 e. The maximum absolute atomic E-state index is 5.98. The van der Waals surface area contributed by atoms with E-state index in [0.717, 1.165) is 64.0 Å². The zero-order chi connectivity index (χ0) is 19.8. The number of aryl methyl sites for hydroxylation is 2. The number of aromatic nitrogens is 3. The Kier molecular flexibility index (Phi) is 4.61. The molecule has 7 heteroatoms. The molecular formula is C22H21N5OS. The number of anilines is 2. The van der Waals surface area contributed by atoms with Gasteiger partial charge in [0, 0.05) is 29.3 Å². The molecule has 146 valence electrons. The number of ether oxygens (including phenoxy) is 1. The Hall–Kier alpha value is -3.03. The molecule has 0 spiro atoms. The van der Waals surface area contributed by atoms with Gasteiger partial charge in [-0.2, -0.15) is 0 Å². The van der Waals surface area contributed by atoms with Crippen molar-refractivity contribution in [2.24, 2.45) is 0 Å². The van der Waals surface area contributed by atoms with Gasteiger partial charge in [0.05, 0.1) is 11.6 Å². The van der Waals surface area contributed by atoms with Gasteiger partial charge in [0.2, 0.25) is 0 Å². The maximum atomic E-state index is 5.98. The predicted molar refractivity (Wildman–Crippen MR) is 116 cm³/mol. The number of benzene rings is 1. The third-order valence-corrected chi connectivity index (χ3v) is 6.25. The van der Waals surface area contributed by atoms with Gasteiger partial charge in [0.1, 0.15) is 28.5 Å². The molecule has 0 saturated heterocycles. The molecule has 5 rings (SSSR count). The van der Waals surface area contributed by atoms with Crippen LogP contribution in [0.2, 0.25) is 0 Å². The van der Waals surface area contributed by atoms with Gasteiger partial charge in [0.25, 0.3) is 0 Å². The van der Waals surface area contributed by atoms with Crippen molar-refractivity contribution >= 4 is 33.1 Å². The summed E-state index contributed by atoms with van der Waals surface area (Å²) in [7, 11) is 0. The summed E-state index contributed by atoms with van der Waals surface area (Å²) in [5.74, 6) is 2.40. The van der Waals surface area contributed by atoms with Crippen molar-refractivity contribution in [2.45, 2.75) is 26.8 Å². The minimum absolute atomic E-state index is 0.731. The van der Waals surface area contributed by atoms with E-state index < -0.39 is 0 Å². The van der Waals surface area contributed by atoms with E-state index in [2.05, 4.69) is 31.7 Å². The fraction of sp³-hybridized carbons (Fsp3) is 0.227. The highest BCUT2D eigenvalue weighted by atomic mass is 32.1. The summed E-state index contributed by atoms with van der Waals surface area (Å²) in [4.78, 5) is 15.7. The van der Waals surface area contributed by atoms with Crippen molar-refractivity contribution in [3.63, 3.8) is 0 Å². The van der Waals surface area contributed by atoms with Crippen LogP contribution < -0.4 is 15.4 Å². The Morgan fingerprint density at radius 3 is 2.86 bits per heavy atom. The van der Waals surface area contributed by atoms with E-state index in [1.807, 2.05) is 38.1 Å². The molecule has 3 aromatic heterocycles. The van der Waals surface area contributed by atoms with E-state index in [-0.39, 0.29) is 0 Å². The van der Waals surface area contributed by atoms with Crippen LogP contribution in [-0.4, -0.2) is 21.5 Å². The van der Waals surface area contributed by atoms with Gasteiger partial charge < -0.3 is 15.4 Å². The quantitative estimate of drug-likeness (QED) is 0.506. The Morgan fingerprint density at radius 1 is 1.10 bits per heavy atom. The molecule has 1 aliphatic rings. The third kappa shape index (κ3) is 3.54. The first-order chi connectivity index (χ1) is 14.2. The average Bonchev–Trinajstić information content (AvgIpc) is 3.11. The molecule has 0 radical (unpaired) electrons. The molecule has 1 aliphatic heterocycles. The number of pyridine rings is 1. The smallest absolute Gasteiger partial charge is 0.145 e. The van der Waals surface area contributed by atoms with Gasteiger partial charge in [-0.05, 0) is 61.7 Å². The number of nitrogens with one attached hydrogen (secondary N) is 2. The van der Waals surface area contributed by atoms with E-state index in [1.54, 1.807) is 23.9 Å². The minimum Gasteiger partial charge on any atom is -0.455 e.